The first-order valence-corrected chi connectivity index (χ1v) is 7.30. The van der Waals surface area contributed by atoms with Crippen LogP contribution in [0.4, 0.5) is 9.18 Å². The van der Waals surface area contributed by atoms with E-state index in [4.69, 9.17) is 10.00 Å². The van der Waals surface area contributed by atoms with Crippen LogP contribution in [0.5, 0.6) is 0 Å². The molecule has 1 aromatic heterocycles. The Morgan fingerprint density at radius 2 is 2.23 bits per heavy atom. The van der Waals surface area contributed by atoms with Gasteiger partial charge in [0.15, 0.2) is 0 Å². The fourth-order valence-corrected chi connectivity index (χ4v) is 2.41. The van der Waals surface area contributed by atoms with Crippen molar-refractivity contribution in [3.63, 3.8) is 0 Å². The van der Waals surface area contributed by atoms with Crippen molar-refractivity contribution in [2.24, 2.45) is 0 Å². The number of ether oxygens (including phenoxy) is 1. The van der Waals surface area contributed by atoms with Crippen molar-refractivity contribution in [3.05, 3.63) is 29.6 Å². The second kappa shape index (κ2) is 6.30. The van der Waals surface area contributed by atoms with E-state index >= 15 is 0 Å². The molecule has 0 aliphatic carbocycles. The molecule has 2 rings (SSSR count). The van der Waals surface area contributed by atoms with Gasteiger partial charge in [-0.05, 0) is 39.3 Å². The van der Waals surface area contributed by atoms with Crippen molar-refractivity contribution in [2.75, 3.05) is 6.54 Å². The van der Waals surface area contributed by atoms with Gasteiger partial charge in [-0.15, -0.1) is 0 Å². The maximum absolute atomic E-state index is 13.8. The molecule has 0 N–H and O–H groups in total. The molecule has 1 aliphatic heterocycles. The number of hydrogen-bond acceptors (Lipinski definition) is 4. The molecule has 22 heavy (non-hydrogen) atoms. The van der Waals surface area contributed by atoms with Crippen LogP contribution < -0.4 is 0 Å². The third-order valence-electron chi connectivity index (χ3n) is 3.42. The molecule has 1 saturated heterocycles. The first-order valence-electron chi connectivity index (χ1n) is 7.30. The zero-order chi connectivity index (χ0) is 16.3. The standard InChI is InChI=1S/C16H20FN3O2/c1-16(2,3)22-15(21)20-7-6-12(17)8-14(20)13-5-4-11(9-18)10-19-13/h4-5,10,12,14H,6-8H2,1-3H3. The summed E-state index contributed by atoms with van der Waals surface area (Å²) in [6.07, 6.45) is 0.492. The Labute approximate surface area is 129 Å². The Morgan fingerprint density at radius 1 is 1.50 bits per heavy atom. The molecule has 1 aliphatic rings. The first-order chi connectivity index (χ1) is 10.3. The molecule has 2 atom stereocenters. The smallest absolute Gasteiger partial charge is 0.410 e. The molecule has 2 unspecified atom stereocenters. The third kappa shape index (κ3) is 3.94. The van der Waals surface area contributed by atoms with E-state index in [-0.39, 0.29) is 6.42 Å². The summed E-state index contributed by atoms with van der Waals surface area (Å²) >= 11 is 0. The van der Waals surface area contributed by atoms with Crippen LogP contribution in [-0.2, 0) is 4.74 Å². The van der Waals surface area contributed by atoms with Gasteiger partial charge < -0.3 is 4.74 Å². The number of aromatic nitrogens is 1. The molecule has 1 aromatic rings. The lowest BCUT2D eigenvalue weighted by molar-refractivity contribution is 0.00102. The predicted octanol–water partition coefficient (Wildman–Crippen LogP) is 3.36. The lowest BCUT2D eigenvalue weighted by atomic mass is 9.97. The van der Waals surface area contributed by atoms with Crippen LogP contribution in [0.3, 0.4) is 0 Å². The minimum absolute atomic E-state index is 0.193. The summed E-state index contributed by atoms with van der Waals surface area (Å²) in [6, 6.07) is 4.81. The van der Waals surface area contributed by atoms with Gasteiger partial charge in [-0.25, -0.2) is 9.18 Å². The highest BCUT2D eigenvalue weighted by molar-refractivity contribution is 5.69. The number of pyridine rings is 1. The SMILES string of the molecule is CC(C)(C)OC(=O)N1CCC(F)CC1c1ccc(C#N)cn1. The van der Waals surface area contributed by atoms with Crippen molar-refractivity contribution in [3.8, 4) is 6.07 Å². The number of piperidine rings is 1. The van der Waals surface area contributed by atoms with Crippen LogP contribution >= 0.6 is 0 Å². The topological polar surface area (TPSA) is 66.2 Å². The molecule has 2 heterocycles. The first kappa shape index (κ1) is 16.2. The summed E-state index contributed by atoms with van der Waals surface area (Å²) in [5.41, 5.74) is 0.402. The summed E-state index contributed by atoms with van der Waals surface area (Å²) < 4.78 is 19.2. The number of nitriles is 1. The van der Waals surface area contributed by atoms with Gasteiger partial charge in [-0.2, -0.15) is 5.26 Å². The van der Waals surface area contributed by atoms with E-state index in [1.165, 1.54) is 11.1 Å². The van der Waals surface area contributed by atoms with Crippen LogP contribution in [-0.4, -0.2) is 34.3 Å². The Kier molecular flexibility index (Phi) is 4.65. The highest BCUT2D eigenvalue weighted by atomic mass is 19.1. The van der Waals surface area contributed by atoms with Crippen LogP contribution in [0.15, 0.2) is 18.3 Å². The minimum atomic E-state index is -0.971. The Bertz CT molecular complexity index is 575. The number of nitrogens with zero attached hydrogens (tertiary/aromatic N) is 3. The van der Waals surface area contributed by atoms with E-state index < -0.39 is 23.9 Å². The van der Waals surface area contributed by atoms with Gasteiger partial charge in [-0.1, -0.05) is 0 Å². The van der Waals surface area contributed by atoms with Gasteiger partial charge in [0.05, 0.1) is 17.3 Å². The van der Waals surface area contributed by atoms with E-state index in [0.29, 0.717) is 24.2 Å². The third-order valence-corrected chi connectivity index (χ3v) is 3.42. The molecular weight excluding hydrogens is 285 g/mol. The van der Waals surface area contributed by atoms with Crippen LogP contribution in [0, 0.1) is 11.3 Å². The van der Waals surface area contributed by atoms with Crippen molar-refractivity contribution < 1.29 is 13.9 Å². The average molecular weight is 305 g/mol. The van der Waals surface area contributed by atoms with E-state index in [1.54, 1.807) is 32.9 Å². The van der Waals surface area contributed by atoms with Crippen LogP contribution in [0.2, 0.25) is 0 Å². The molecule has 1 amide bonds. The molecule has 1 fully saturated rings. The van der Waals surface area contributed by atoms with Crippen LogP contribution in [0.1, 0.15) is 50.9 Å². The number of likely N-dealkylation sites (tertiary alicyclic amines) is 1. The van der Waals surface area contributed by atoms with Gasteiger partial charge in [-0.3, -0.25) is 9.88 Å². The normalized spacial score (nSPS) is 22.0. The lowest BCUT2D eigenvalue weighted by Gasteiger charge is -2.37. The number of halogens is 1. The second-order valence-electron chi connectivity index (χ2n) is 6.39. The quantitative estimate of drug-likeness (QED) is 0.798. The van der Waals surface area contributed by atoms with Crippen molar-refractivity contribution in [2.45, 2.75) is 51.4 Å². The van der Waals surface area contributed by atoms with Gasteiger partial charge in [0.2, 0.25) is 0 Å². The molecule has 0 bridgehead atoms. The maximum Gasteiger partial charge on any atom is 0.410 e. The highest BCUT2D eigenvalue weighted by Gasteiger charge is 2.35. The summed E-state index contributed by atoms with van der Waals surface area (Å²) in [5.74, 6) is 0. The van der Waals surface area contributed by atoms with E-state index in [9.17, 15) is 9.18 Å². The summed E-state index contributed by atoms with van der Waals surface area (Å²) in [7, 11) is 0. The molecule has 5 nitrogen and oxygen atoms in total. The average Bonchev–Trinajstić information content (AvgIpc) is 2.45. The Balaban J connectivity index is 2.23. The Hall–Kier alpha value is -2.16. The van der Waals surface area contributed by atoms with E-state index in [1.807, 2.05) is 6.07 Å². The monoisotopic (exact) mass is 305 g/mol. The Morgan fingerprint density at radius 3 is 2.77 bits per heavy atom. The van der Waals surface area contributed by atoms with Gasteiger partial charge in [0.25, 0.3) is 0 Å². The van der Waals surface area contributed by atoms with Gasteiger partial charge in [0.1, 0.15) is 17.8 Å². The molecule has 118 valence electrons. The van der Waals surface area contributed by atoms with Gasteiger partial charge >= 0.3 is 6.09 Å². The van der Waals surface area contributed by atoms with E-state index in [0.717, 1.165) is 0 Å². The number of alkyl halides is 1. The van der Waals surface area contributed by atoms with Crippen molar-refractivity contribution in [1.82, 2.24) is 9.88 Å². The van der Waals surface area contributed by atoms with Crippen LogP contribution in [0.25, 0.3) is 0 Å². The summed E-state index contributed by atoms with van der Waals surface area (Å²) in [5, 5.41) is 8.81. The maximum atomic E-state index is 13.8. The summed E-state index contributed by atoms with van der Waals surface area (Å²) in [6.45, 7) is 5.67. The summed E-state index contributed by atoms with van der Waals surface area (Å²) in [4.78, 5) is 18.1. The fraction of sp³-hybridized carbons (Fsp3) is 0.562. The van der Waals surface area contributed by atoms with E-state index in [2.05, 4.69) is 4.98 Å². The predicted molar refractivity (Wildman–Crippen MR) is 78.8 cm³/mol. The molecule has 0 saturated carbocycles. The number of amides is 1. The minimum Gasteiger partial charge on any atom is -0.444 e. The lowest BCUT2D eigenvalue weighted by Crippen LogP contribution is -2.44. The molecule has 0 aromatic carbocycles. The fourth-order valence-electron chi connectivity index (χ4n) is 2.41. The number of hydrogen-bond donors (Lipinski definition) is 0. The highest BCUT2D eigenvalue weighted by Crippen LogP contribution is 2.32. The largest absolute Gasteiger partial charge is 0.444 e. The zero-order valence-corrected chi connectivity index (χ0v) is 13.0. The van der Waals surface area contributed by atoms with Gasteiger partial charge in [0, 0.05) is 19.2 Å². The molecular formula is C16H20FN3O2. The molecule has 0 radical (unpaired) electrons. The van der Waals surface area contributed by atoms with Crippen molar-refractivity contribution in [1.29, 1.82) is 5.26 Å². The molecule has 0 spiro atoms. The van der Waals surface area contributed by atoms with Crippen molar-refractivity contribution >= 4 is 6.09 Å². The second-order valence-corrected chi connectivity index (χ2v) is 6.39. The molecule has 6 heteroatoms. The number of rotatable bonds is 1. The zero-order valence-electron chi connectivity index (χ0n) is 13.0. The number of carbonyl (C=O) groups excluding carboxylic acids is 1. The number of carbonyl (C=O) groups is 1.